The van der Waals surface area contributed by atoms with Gasteiger partial charge in [-0.3, -0.25) is 4.79 Å². The van der Waals surface area contributed by atoms with Crippen LogP contribution in [0.25, 0.3) is 6.08 Å². The molecular weight excluding hydrogens is 551 g/mol. The van der Waals surface area contributed by atoms with Crippen molar-refractivity contribution in [1.29, 1.82) is 5.26 Å². The Hall–Kier alpha value is -3.02. The molecule has 0 saturated carbocycles. The topological polar surface area (TPSA) is 71.3 Å². The van der Waals surface area contributed by atoms with Gasteiger partial charge in [-0.2, -0.15) is 5.26 Å². The molecule has 1 N–H and O–H groups in total. The third-order valence-corrected chi connectivity index (χ3v) is 6.03. The Balaban J connectivity index is 1.82. The number of carbonyl (C=O) groups is 1. The Bertz CT molecular complexity index is 1260. The van der Waals surface area contributed by atoms with Gasteiger partial charge in [-0.25, -0.2) is 0 Å². The van der Waals surface area contributed by atoms with Crippen molar-refractivity contribution in [2.45, 2.75) is 20.5 Å². The molecule has 1 amide bonds. The summed E-state index contributed by atoms with van der Waals surface area (Å²) >= 11 is 8.27. The van der Waals surface area contributed by atoms with Gasteiger partial charge in [0.2, 0.25) is 0 Å². The van der Waals surface area contributed by atoms with Crippen LogP contribution in [0.2, 0.25) is 5.02 Å². The molecular formula is C26H22ClIN2O3. The number of halogens is 2. The first-order valence-corrected chi connectivity index (χ1v) is 11.5. The van der Waals surface area contributed by atoms with Gasteiger partial charge in [0, 0.05) is 10.7 Å². The van der Waals surface area contributed by atoms with Crippen molar-refractivity contribution in [3.05, 3.63) is 91.0 Å². The highest BCUT2D eigenvalue weighted by Crippen LogP contribution is 2.35. The third-order valence-electron chi connectivity index (χ3n) is 4.82. The standard InChI is InChI=1S/C26H22ClIN2O3/c1-16-5-4-6-18(9-16)15-33-25-23(28)11-19(12-24(25)32-3)10-20(14-29)26(31)30-21-8-7-17(2)22(27)13-21/h4-13H,15H2,1-3H3,(H,30,31)/b20-10-. The summed E-state index contributed by atoms with van der Waals surface area (Å²) in [6.07, 6.45) is 1.51. The van der Waals surface area contributed by atoms with Crippen molar-refractivity contribution in [1.82, 2.24) is 0 Å². The van der Waals surface area contributed by atoms with Crippen molar-refractivity contribution in [3.63, 3.8) is 0 Å². The Kier molecular flexibility index (Phi) is 8.37. The summed E-state index contributed by atoms with van der Waals surface area (Å²) in [4.78, 5) is 12.6. The number of ether oxygens (including phenoxy) is 2. The van der Waals surface area contributed by atoms with Crippen LogP contribution < -0.4 is 14.8 Å². The molecule has 0 unspecified atom stereocenters. The molecule has 0 bridgehead atoms. The van der Waals surface area contributed by atoms with Crippen LogP contribution in [0, 0.1) is 28.7 Å². The molecule has 0 aromatic heterocycles. The number of nitrogens with one attached hydrogen (secondary N) is 1. The summed E-state index contributed by atoms with van der Waals surface area (Å²) in [5, 5.41) is 12.8. The number of rotatable bonds is 7. The van der Waals surface area contributed by atoms with E-state index in [2.05, 4.69) is 34.0 Å². The van der Waals surface area contributed by atoms with Gasteiger partial charge in [-0.05, 0) is 83.5 Å². The SMILES string of the molecule is COc1cc(/C=C(/C#N)C(=O)Nc2ccc(C)c(Cl)c2)cc(I)c1OCc1cccc(C)c1. The predicted molar refractivity (Wildman–Crippen MR) is 140 cm³/mol. The molecule has 3 rings (SSSR count). The number of hydrogen-bond acceptors (Lipinski definition) is 4. The van der Waals surface area contributed by atoms with Gasteiger partial charge >= 0.3 is 0 Å². The molecule has 3 aromatic carbocycles. The molecule has 0 radical (unpaired) electrons. The van der Waals surface area contributed by atoms with E-state index in [0.717, 1.165) is 20.3 Å². The van der Waals surface area contributed by atoms with E-state index in [1.165, 1.54) is 6.08 Å². The van der Waals surface area contributed by atoms with Gasteiger partial charge in [0.05, 0.1) is 10.7 Å². The van der Waals surface area contributed by atoms with Crippen molar-refractivity contribution >= 4 is 51.9 Å². The van der Waals surface area contributed by atoms with E-state index in [4.69, 9.17) is 21.1 Å². The van der Waals surface area contributed by atoms with Crippen LogP contribution in [0.15, 0.2) is 60.2 Å². The maximum Gasteiger partial charge on any atom is 0.266 e. The Morgan fingerprint density at radius 3 is 2.64 bits per heavy atom. The van der Waals surface area contributed by atoms with Crippen LogP contribution in [-0.4, -0.2) is 13.0 Å². The molecule has 0 aliphatic rings. The number of hydrogen-bond donors (Lipinski definition) is 1. The zero-order valence-corrected chi connectivity index (χ0v) is 21.3. The van der Waals surface area contributed by atoms with Crippen molar-refractivity contribution in [3.8, 4) is 17.6 Å². The van der Waals surface area contributed by atoms with Crippen molar-refractivity contribution in [2.24, 2.45) is 0 Å². The number of nitriles is 1. The molecule has 0 atom stereocenters. The highest BCUT2D eigenvalue weighted by molar-refractivity contribution is 14.1. The number of nitrogens with zero attached hydrogens (tertiary/aromatic N) is 1. The lowest BCUT2D eigenvalue weighted by molar-refractivity contribution is -0.112. The summed E-state index contributed by atoms with van der Waals surface area (Å²) in [7, 11) is 1.55. The lowest BCUT2D eigenvalue weighted by Gasteiger charge is -2.14. The molecule has 168 valence electrons. The molecule has 33 heavy (non-hydrogen) atoms. The van der Waals surface area contributed by atoms with E-state index in [-0.39, 0.29) is 5.57 Å². The highest BCUT2D eigenvalue weighted by atomic mass is 127. The first kappa shape index (κ1) is 24.6. The minimum Gasteiger partial charge on any atom is -0.493 e. The fraction of sp³-hybridized carbons (Fsp3) is 0.154. The second kappa shape index (κ2) is 11.2. The van der Waals surface area contributed by atoms with Crippen molar-refractivity contribution < 1.29 is 14.3 Å². The Morgan fingerprint density at radius 1 is 1.18 bits per heavy atom. The number of benzene rings is 3. The van der Waals surface area contributed by atoms with Crippen LogP contribution in [-0.2, 0) is 11.4 Å². The summed E-state index contributed by atoms with van der Waals surface area (Å²) < 4.78 is 12.3. The predicted octanol–water partition coefficient (Wildman–Crippen LogP) is 6.69. The van der Waals surface area contributed by atoms with Gasteiger partial charge in [-0.15, -0.1) is 0 Å². The summed E-state index contributed by atoms with van der Waals surface area (Å²) in [6, 6.07) is 18.8. The summed E-state index contributed by atoms with van der Waals surface area (Å²) in [5.74, 6) is 0.601. The van der Waals surface area contributed by atoms with Gasteiger partial charge in [0.15, 0.2) is 11.5 Å². The number of amides is 1. The van der Waals surface area contributed by atoms with Crippen LogP contribution in [0.4, 0.5) is 5.69 Å². The quantitative estimate of drug-likeness (QED) is 0.194. The smallest absolute Gasteiger partial charge is 0.266 e. The monoisotopic (exact) mass is 572 g/mol. The average Bonchev–Trinajstić information content (AvgIpc) is 2.78. The number of methoxy groups -OCH3 is 1. The highest BCUT2D eigenvalue weighted by Gasteiger charge is 2.15. The second-order valence-corrected chi connectivity index (χ2v) is 8.97. The molecule has 3 aromatic rings. The molecule has 0 fully saturated rings. The lowest BCUT2D eigenvalue weighted by atomic mass is 10.1. The van der Waals surface area contributed by atoms with Gasteiger partial charge < -0.3 is 14.8 Å². The average molecular weight is 573 g/mol. The zero-order valence-electron chi connectivity index (χ0n) is 18.4. The van der Waals surface area contributed by atoms with Gasteiger partial charge in [0.25, 0.3) is 5.91 Å². The minimum atomic E-state index is -0.522. The van der Waals surface area contributed by atoms with Crippen molar-refractivity contribution in [2.75, 3.05) is 12.4 Å². The number of aryl methyl sites for hydroxylation is 2. The van der Waals surface area contributed by atoms with Crippen LogP contribution in [0.1, 0.15) is 22.3 Å². The lowest BCUT2D eigenvalue weighted by Crippen LogP contribution is -2.13. The Morgan fingerprint density at radius 2 is 1.97 bits per heavy atom. The maximum absolute atomic E-state index is 12.6. The van der Waals surface area contributed by atoms with Crippen LogP contribution in [0.5, 0.6) is 11.5 Å². The molecule has 7 heteroatoms. The van der Waals surface area contributed by atoms with Crippen LogP contribution >= 0.6 is 34.2 Å². The van der Waals surface area contributed by atoms with E-state index < -0.39 is 5.91 Å². The Labute approximate surface area is 212 Å². The van der Waals surface area contributed by atoms with Gasteiger partial charge in [-0.1, -0.05) is 47.5 Å². The fourth-order valence-corrected chi connectivity index (χ4v) is 4.07. The van der Waals surface area contributed by atoms with E-state index in [1.54, 1.807) is 31.4 Å². The number of anilines is 1. The number of carbonyl (C=O) groups excluding carboxylic acids is 1. The largest absolute Gasteiger partial charge is 0.493 e. The van der Waals surface area contributed by atoms with E-state index in [1.807, 2.05) is 44.2 Å². The van der Waals surface area contributed by atoms with E-state index >= 15 is 0 Å². The molecule has 0 heterocycles. The zero-order chi connectivity index (χ0) is 24.0. The normalized spacial score (nSPS) is 11.0. The molecule has 0 aliphatic carbocycles. The molecule has 0 aliphatic heterocycles. The van der Waals surface area contributed by atoms with Gasteiger partial charge in [0.1, 0.15) is 18.2 Å². The maximum atomic E-state index is 12.6. The van der Waals surface area contributed by atoms with Crippen LogP contribution in [0.3, 0.4) is 0 Å². The summed E-state index contributed by atoms with van der Waals surface area (Å²) in [5.41, 5.74) is 4.23. The first-order valence-electron chi connectivity index (χ1n) is 10.1. The second-order valence-electron chi connectivity index (χ2n) is 7.40. The minimum absolute atomic E-state index is 0.0435. The van der Waals surface area contributed by atoms with E-state index in [9.17, 15) is 10.1 Å². The molecule has 0 saturated heterocycles. The summed E-state index contributed by atoms with van der Waals surface area (Å²) in [6.45, 7) is 4.30. The molecule has 0 spiro atoms. The fourth-order valence-electron chi connectivity index (χ4n) is 3.10. The third kappa shape index (κ3) is 6.50. The molecule has 5 nitrogen and oxygen atoms in total. The van der Waals surface area contributed by atoms with E-state index in [0.29, 0.717) is 34.4 Å². The first-order chi connectivity index (χ1) is 15.8.